The maximum Gasteiger partial charge on any atom is 0.237 e. The Morgan fingerprint density at radius 3 is 1.87 bits per heavy atom. The molecule has 0 radical (unpaired) electrons. The SMILES string of the molecule is CC.CC.CC.CC(C)=O.CC1CC2(C)C(CCC3C2CCC2C[C@H](O)CCC23C)C1C(N)C(=O)NCCNCCNCCN. The molecule has 8 N–H and O–H groups in total. The van der Waals surface area contributed by atoms with Crippen LogP contribution in [0.15, 0.2) is 0 Å². The Morgan fingerprint density at radius 2 is 1.29 bits per heavy atom. The molecule has 4 fully saturated rings. The lowest BCUT2D eigenvalue weighted by molar-refractivity contribution is -0.138. The number of nitrogens with two attached hydrogens (primary N) is 2. The number of aliphatic hydroxyl groups excluding tert-OH is 1. The molecule has 45 heavy (non-hydrogen) atoms. The summed E-state index contributed by atoms with van der Waals surface area (Å²) in [4.78, 5) is 22.5. The number of hydrogen-bond acceptors (Lipinski definition) is 7. The Kier molecular flexibility index (Phi) is 22.0. The van der Waals surface area contributed by atoms with Gasteiger partial charge in [-0.3, -0.25) is 4.79 Å². The molecule has 0 aromatic carbocycles. The fourth-order valence-electron chi connectivity index (χ4n) is 9.52. The van der Waals surface area contributed by atoms with Gasteiger partial charge in [0.15, 0.2) is 0 Å². The van der Waals surface area contributed by atoms with Crippen molar-refractivity contribution in [2.45, 2.75) is 140 Å². The maximum absolute atomic E-state index is 13.1. The summed E-state index contributed by atoms with van der Waals surface area (Å²) in [6.07, 6.45) is 9.29. The summed E-state index contributed by atoms with van der Waals surface area (Å²) in [5, 5.41) is 20.0. The van der Waals surface area contributed by atoms with Crippen LogP contribution in [0, 0.1) is 46.3 Å². The van der Waals surface area contributed by atoms with E-state index in [1.54, 1.807) is 0 Å². The van der Waals surface area contributed by atoms with Crippen molar-refractivity contribution >= 4 is 11.7 Å². The number of aliphatic hydroxyl groups is 1. The van der Waals surface area contributed by atoms with E-state index in [1.165, 1.54) is 52.4 Å². The predicted molar refractivity (Wildman–Crippen MR) is 192 cm³/mol. The van der Waals surface area contributed by atoms with Crippen LogP contribution in [0.25, 0.3) is 0 Å². The first-order valence-corrected chi connectivity index (χ1v) is 18.8. The van der Waals surface area contributed by atoms with Gasteiger partial charge in [-0.1, -0.05) is 62.3 Å². The first-order valence-electron chi connectivity index (χ1n) is 18.8. The average Bonchev–Trinajstić information content (AvgIpc) is 3.30. The predicted octanol–water partition coefficient (Wildman–Crippen LogP) is 5.51. The first-order chi connectivity index (χ1) is 21.5. The maximum atomic E-state index is 13.1. The minimum absolute atomic E-state index is 0.0215. The molecule has 10 atom stereocenters. The summed E-state index contributed by atoms with van der Waals surface area (Å²) in [6.45, 7) is 27.1. The van der Waals surface area contributed by atoms with E-state index < -0.39 is 6.04 Å². The van der Waals surface area contributed by atoms with Gasteiger partial charge in [-0.15, -0.1) is 0 Å². The van der Waals surface area contributed by atoms with Crippen molar-refractivity contribution in [3.63, 3.8) is 0 Å². The molecule has 1 amide bonds. The number of amides is 1. The second-order valence-corrected chi connectivity index (χ2v) is 13.9. The number of carbonyl (C=O) groups is 2. The fraction of sp³-hybridized carbons (Fsp3) is 0.946. The molecule has 268 valence electrons. The van der Waals surface area contributed by atoms with E-state index in [2.05, 4.69) is 36.7 Å². The van der Waals surface area contributed by atoms with E-state index in [-0.39, 0.29) is 29.1 Å². The van der Waals surface area contributed by atoms with Crippen LogP contribution in [-0.2, 0) is 9.59 Å². The zero-order chi connectivity index (χ0) is 34.8. The first kappa shape index (κ1) is 43.9. The Bertz CT molecular complexity index is 809. The largest absolute Gasteiger partial charge is 0.393 e. The van der Waals surface area contributed by atoms with Gasteiger partial charge in [0.05, 0.1) is 12.1 Å². The number of carbonyl (C=O) groups excluding carboxylic acids is 2. The standard InChI is InChI=1S/C28H53N5O2.C3H6O.3C2H6/c1-18-17-28(3)22-5-4-19-16-20(34)8-9-27(19,2)21(22)6-7-23(28)24(18)25(30)26(35)33-15-14-32-13-12-31-11-10-29;1-3(2)4;3*1-2/h18-25,31-32,34H,4-17,29-30H2,1-3H3,(H,33,35);1-2H3;3*1-2H3/t18?,19?,20-,21?,22?,23?,24?,25?,27?,28?;;;;/m1..../s1. The molecule has 0 heterocycles. The summed E-state index contributed by atoms with van der Waals surface area (Å²) in [5.41, 5.74) is 12.9. The summed E-state index contributed by atoms with van der Waals surface area (Å²) in [7, 11) is 0. The molecule has 0 spiro atoms. The lowest BCUT2D eigenvalue weighted by atomic mass is 9.43. The summed E-state index contributed by atoms with van der Waals surface area (Å²) < 4.78 is 0. The molecule has 0 bridgehead atoms. The van der Waals surface area contributed by atoms with Gasteiger partial charge in [0, 0.05) is 39.3 Å². The van der Waals surface area contributed by atoms with Crippen molar-refractivity contribution in [2.75, 3.05) is 39.3 Å². The normalized spacial score (nSPS) is 34.9. The molecule has 4 rings (SSSR count). The highest BCUT2D eigenvalue weighted by Crippen LogP contribution is 2.69. The summed E-state index contributed by atoms with van der Waals surface area (Å²) in [6, 6.07) is -0.420. The van der Waals surface area contributed by atoms with E-state index >= 15 is 0 Å². The zero-order valence-electron chi connectivity index (χ0n) is 31.4. The lowest BCUT2D eigenvalue weighted by Gasteiger charge is -2.62. The third kappa shape index (κ3) is 11.8. The van der Waals surface area contributed by atoms with Crippen molar-refractivity contribution < 1.29 is 14.7 Å². The van der Waals surface area contributed by atoms with E-state index in [0.717, 1.165) is 50.9 Å². The van der Waals surface area contributed by atoms with E-state index in [9.17, 15) is 14.7 Å². The monoisotopic (exact) mass is 640 g/mol. The van der Waals surface area contributed by atoms with Crippen LogP contribution in [0.3, 0.4) is 0 Å². The quantitative estimate of drug-likeness (QED) is 0.173. The third-order valence-electron chi connectivity index (χ3n) is 11.1. The lowest BCUT2D eigenvalue weighted by Crippen LogP contribution is -2.56. The highest BCUT2D eigenvalue weighted by Gasteiger charge is 2.63. The van der Waals surface area contributed by atoms with Gasteiger partial charge < -0.3 is 37.3 Å². The van der Waals surface area contributed by atoms with Gasteiger partial charge in [0.25, 0.3) is 0 Å². The Balaban J connectivity index is 0.00000173. The molecule has 8 nitrogen and oxygen atoms in total. The number of nitrogens with one attached hydrogen (secondary N) is 3. The van der Waals surface area contributed by atoms with Crippen LogP contribution < -0.4 is 27.4 Å². The van der Waals surface area contributed by atoms with Crippen molar-refractivity contribution in [3.05, 3.63) is 0 Å². The Labute approximate surface area is 278 Å². The van der Waals surface area contributed by atoms with Crippen molar-refractivity contribution in [1.82, 2.24) is 16.0 Å². The van der Waals surface area contributed by atoms with Crippen LogP contribution in [0.4, 0.5) is 0 Å². The average molecular weight is 640 g/mol. The molecule has 9 unspecified atom stereocenters. The Morgan fingerprint density at radius 1 is 0.800 bits per heavy atom. The van der Waals surface area contributed by atoms with E-state index in [4.69, 9.17) is 11.5 Å². The molecule has 4 aliphatic carbocycles. The molecule has 4 saturated carbocycles. The number of hydrogen-bond donors (Lipinski definition) is 6. The highest BCUT2D eigenvalue weighted by atomic mass is 16.3. The minimum Gasteiger partial charge on any atom is -0.393 e. The van der Waals surface area contributed by atoms with Gasteiger partial charge in [-0.05, 0) is 112 Å². The van der Waals surface area contributed by atoms with Gasteiger partial charge in [0.1, 0.15) is 5.78 Å². The van der Waals surface area contributed by atoms with Crippen molar-refractivity contribution in [1.29, 1.82) is 0 Å². The Hall–Kier alpha value is -1.06. The summed E-state index contributed by atoms with van der Waals surface area (Å²) in [5.74, 6) is 3.66. The minimum atomic E-state index is -0.420. The molecule has 4 aliphatic rings. The van der Waals surface area contributed by atoms with Crippen LogP contribution in [0.2, 0.25) is 0 Å². The van der Waals surface area contributed by atoms with Gasteiger partial charge in [0.2, 0.25) is 5.91 Å². The second kappa shape index (κ2) is 22.5. The van der Waals surface area contributed by atoms with Gasteiger partial charge in [-0.2, -0.15) is 0 Å². The highest BCUT2D eigenvalue weighted by molar-refractivity contribution is 5.82. The smallest absolute Gasteiger partial charge is 0.237 e. The number of Topliss-reactive ketones (excluding diaryl/α,β-unsaturated/α-hetero) is 1. The number of rotatable bonds is 10. The summed E-state index contributed by atoms with van der Waals surface area (Å²) >= 11 is 0. The topological polar surface area (TPSA) is 142 Å². The molecule has 0 aromatic heterocycles. The van der Waals surface area contributed by atoms with Crippen molar-refractivity contribution in [2.24, 2.45) is 57.8 Å². The van der Waals surface area contributed by atoms with Crippen molar-refractivity contribution in [3.8, 4) is 0 Å². The van der Waals surface area contributed by atoms with Gasteiger partial charge in [-0.25, -0.2) is 0 Å². The number of fused-ring (bicyclic) bond motifs is 5. The molecular weight excluding hydrogens is 562 g/mol. The molecular formula is C37H77N5O3. The van der Waals surface area contributed by atoms with E-state index in [0.29, 0.717) is 36.3 Å². The molecule has 0 aliphatic heterocycles. The fourth-order valence-corrected chi connectivity index (χ4v) is 9.52. The van der Waals surface area contributed by atoms with Crippen LogP contribution in [0.1, 0.15) is 128 Å². The molecule has 8 heteroatoms. The van der Waals surface area contributed by atoms with Crippen LogP contribution in [-0.4, -0.2) is 68.2 Å². The van der Waals surface area contributed by atoms with E-state index in [1.807, 2.05) is 41.5 Å². The third-order valence-corrected chi connectivity index (χ3v) is 11.1. The second-order valence-electron chi connectivity index (χ2n) is 13.9. The molecule has 0 saturated heterocycles. The molecule has 0 aromatic rings. The zero-order valence-corrected chi connectivity index (χ0v) is 31.4. The van der Waals surface area contributed by atoms with Crippen LogP contribution in [0.5, 0.6) is 0 Å². The van der Waals surface area contributed by atoms with Crippen LogP contribution >= 0.6 is 0 Å². The number of ketones is 1. The van der Waals surface area contributed by atoms with Gasteiger partial charge >= 0.3 is 0 Å².